The number of rotatable bonds is 7. The third-order valence-electron chi connectivity index (χ3n) is 5.72. The number of methoxy groups -OCH3 is 1. The minimum Gasteiger partial charge on any atom is -0.490 e. The van der Waals surface area contributed by atoms with Gasteiger partial charge in [0.2, 0.25) is 5.91 Å². The molecule has 4 rings (SSSR count). The number of ether oxygens (including phenoxy) is 3. The lowest BCUT2D eigenvalue weighted by Gasteiger charge is -2.38. The summed E-state index contributed by atoms with van der Waals surface area (Å²) in [5.41, 5.74) is 3.97. The maximum atomic E-state index is 13.5. The molecule has 0 saturated heterocycles. The van der Waals surface area contributed by atoms with Crippen molar-refractivity contribution in [1.29, 1.82) is 0 Å². The molecule has 1 aliphatic heterocycles. The molecule has 0 N–H and O–H groups in total. The minimum atomic E-state index is -0.420. The van der Waals surface area contributed by atoms with Crippen LogP contribution < -0.4 is 14.4 Å². The molecule has 0 radical (unpaired) electrons. The molecule has 34 heavy (non-hydrogen) atoms. The predicted molar refractivity (Wildman–Crippen MR) is 134 cm³/mol. The van der Waals surface area contributed by atoms with Crippen molar-refractivity contribution in [2.24, 2.45) is 0 Å². The number of carbonyl (C=O) groups is 2. The van der Waals surface area contributed by atoms with E-state index in [9.17, 15) is 9.59 Å². The number of esters is 1. The lowest BCUT2D eigenvalue weighted by atomic mass is 9.86. The first-order valence-electron chi connectivity index (χ1n) is 11.1. The fraction of sp³-hybridized carbons (Fsp3) is 0.259. The molecular weight excluding hydrogens is 498 g/mol. The van der Waals surface area contributed by atoms with E-state index in [0.29, 0.717) is 36.0 Å². The first-order chi connectivity index (χ1) is 16.5. The van der Waals surface area contributed by atoms with E-state index in [1.807, 2.05) is 50.2 Å². The lowest BCUT2D eigenvalue weighted by Crippen LogP contribution is -2.41. The molecule has 0 spiro atoms. The van der Waals surface area contributed by atoms with Gasteiger partial charge in [0.1, 0.15) is 0 Å². The monoisotopic (exact) mass is 523 g/mol. The van der Waals surface area contributed by atoms with E-state index in [1.165, 1.54) is 7.11 Å². The van der Waals surface area contributed by atoms with Crippen molar-refractivity contribution in [3.63, 3.8) is 0 Å². The molecule has 176 valence electrons. The number of nitrogens with zero attached hydrogens (tertiary/aromatic N) is 1. The molecule has 0 aromatic heterocycles. The number of benzene rings is 3. The van der Waals surface area contributed by atoms with Crippen LogP contribution >= 0.6 is 15.9 Å². The Morgan fingerprint density at radius 2 is 1.59 bits per heavy atom. The van der Waals surface area contributed by atoms with Gasteiger partial charge in [-0.1, -0.05) is 28.1 Å². The first kappa shape index (κ1) is 23.8. The van der Waals surface area contributed by atoms with Gasteiger partial charge in [-0.2, -0.15) is 0 Å². The molecule has 0 saturated carbocycles. The SMILES string of the molecule is CCOc1cc2c(cc1OCC)C(c1ccc(Br)cc1)N(c1ccc(C(=O)OC)cc1)C(=O)C2. The van der Waals surface area contributed by atoms with Crippen LogP contribution in [0.3, 0.4) is 0 Å². The molecule has 0 fully saturated rings. The molecule has 1 heterocycles. The summed E-state index contributed by atoms with van der Waals surface area (Å²) < 4.78 is 17.5. The summed E-state index contributed by atoms with van der Waals surface area (Å²) in [6.07, 6.45) is 0.230. The summed E-state index contributed by atoms with van der Waals surface area (Å²) in [5.74, 6) is 0.830. The van der Waals surface area contributed by atoms with E-state index in [0.717, 1.165) is 21.2 Å². The van der Waals surface area contributed by atoms with Crippen molar-refractivity contribution < 1.29 is 23.8 Å². The maximum absolute atomic E-state index is 13.5. The van der Waals surface area contributed by atoms with Crippen molar-refractivity contribution in [3.8, 4) is 11.5 Å². The molecule has 0 aliphatic carbocycles. The number of fused-ring (bicyclic) bond motifs is 1. The van der Waals surface area contributed by atoms with Crippen molar-refractivity contribution in [1.82, 2.24) is 0 Å². The van der Waals surface area contributed by atoms with Crippen LogP contribution in [0.15, 0.2) is 65.1 Å². The van der Waals surface area contributed by atoms with E-state index in [4.69, 9.17) is 14.2 Å². The largest absolute Gasteiger partial charge is 0.490 e. The zero-order valence-electron chi connectivity index (χ0n) is 19.3. The van der Waals surface area contributed by atoms with Crippen molar-refractivity contribution in [3.05, 3.63) is 87.4 Å². The zero-order valence-corrected chi connectivity index (χ0v) is 20.9. The van der Waals surface area contributed by atoms with Gasteiger partial charge in [0, 0.05) is 10.2 Å². The van der Waals surface area contributed by atoms with Crippen molar-refractivity contribution in [2.75, 3.05) is 25.2 Å². The molecular formula is C27H26BrNO5. The van der Waals surface area contributed by atoms with E-state index in [2.05, 4.69) is 15.9 Å². The summed E-state index contributed by atoms with van der Waals surface area (Å²) in [6, 6.07) is 18.4. The van der Waals surface area contributed by atoms with Gasteiger partial charge < -0.3 is 19.1 Å². The van der Waals surface area contributed by atoms with Crippen LogP contribution in [0, 0.1) is 0 Å². The normalized spacial score (nSPS) is 15.0. The highest BCUT2D eigenvalue weighted by molar-refractivity contribution is 9.10. The Bertz CT molecular complexity index is 1190. The molecule has 1 atom stereocenters. The third-order valence-corrected chi connectivity index (χ3v) is 6.25. The Hall–Kier alpha value is -3.32. The smallest absolute Gasteiger partial charge is 0.337 e. The van der Waals surface area contributed by atoms with E-state index < -0.39 is 5.97 Å². The molecule has 6 nitrogen and oxygen atoms in total. The van der Waals surface area contributed by atoms with Gasteiger partial charge in [0.05, 0.1) is 38.3 Å². The van der Waals surface area contributed by atoms with Gasteiger partial charge in [-0.05, 0) is 79.1 Å². The molecule has 0 bridgehead atoms. The quantitative estimate of drug-likeness (QED) is 0.371. The van der Waals surface area contributed by atoms with Gasteiger partial charge in [0.15, 0.2) is 11.5 Å². The van der Waals surface area contributed by atoms with Crippen LogP contribution in [-0.4, -0.2) is 32.2 Å². The summed E-state index contributed by atoms with van der Waals surface area (Å²) in [5, 5.41) is 0. The van der Waals surface area contributed by atoms with Crippen LogP contribution in [-0.2, 0) is 16.0 Å². The summed E-state index contributed by atoms with van der Waals surface area (Å²) in [4.78, 5) is 27.2. The number of carbonyl (C=O) groups excluding carboxylic acids is 2. The molecule has 1 unspecified atom stereocenters. The highest BCUT2D eigenvalue weighted by Crippen LogP contribution is 2.43. The number of hydrogen-bond acceptors (Lipinski definition) is 5. The second-order valence-corrected chi connectivity index (χ2v) is 8.71. The van der Waals surface area contributed by atoms with Crippen molar-refractivity contribution >= 4 is 33.5 Å². The van der Waals surface area contributed by atoms with E-state index in [1.54, 1.807) is 29.2 Å². The van der Waals surface area contributed by atoms with Crippen LogP contribution in [0.2, 0.25) is 0 Å². The lowest BCUT2D eigenvalue weighted by molar-refractivity contribution is -0.118. The van der Waals surface area contributed by atoms with Crippen LogP contribution in [0.4, 0.5) is 5.69 Å². The number of amides is 1. The fourth-order valence-corrected chi connectivity index (χ4v) is 4.50. The molecule has 3 aromatic carbocycles. The maximum Gasteiger partial charge on any atom is 0.337 e. The Morgan fingerprint density at radius 3 is 2.18 bits per heavy atom. The molecule has 1 aliphatic rings. The number of hydrogen-bond donors (Lipinski definition) is 0. The Kier molecular flexibility index (Phi) is 7.22. The zero-order chi connectivity index (χ0) is 24.2. The van der Waals surface area contributed by atoms with Crippen LogP contribution in [0.5, 0.6) is 11.5 Å². The van der Waals surface area contributed by atoms with Gasteiger partial charge in [0.25, 0.3) is 0 Å². The summed E-state index contributed by atoms with van der Waals surface area (Å²) in [6.45, 7) is 4.85. The molecule has 7 heteroatoms. The Balaban J connectivity index is 1.87. The van der Waals surface area contributed by atoms with Gasteiger partial charge in [-0.15, -0.1) is 0 Å². The molecule has 1 amide bonds. The summed E-state index contributed by atoms with van der Waals surface area (Å²) >= 11 is 3.50. The number of anilines is 1. The highest BCUT2D eigenvalue weighted by atomic mass is 79.9. The topological polar surface area (TPSA) is 65.1 Å². The average Bonchev–Trinajstić information content (AvgIpc) is 2.84. The van der Waals surface area contributed by atoms with E-state index >= 15 is 0 Å². The standard InChI is InChI=1S/C27H26BrNO5/c1-4-33-23-14-19-15-25(30)29(21-12-8-18(9-13-21)27(31)32-3)26(17-6-10-20(28)11-7-17)22(19)16-24(23)34-5-2/h6-14,16,26H,4-5,15H2,1-3H3. The van der Waals surface area contributed by atoms with Gasteiger partial charge in [-0.25, -0.2) is 4.79 Å². The van der Waals surface area contributed by atoms with Gasteiger partial charge in [-0.3, -0.25) is 4.79 Å². The van der Waals surface area contributed by atoms with Crippen LogP contribution in [0.1, 0.15) is 46.9 Å². The van der Waals surface area contributed by atoms with Crippen LogP contribution in [0.25, 0.3) is 0 Å². The van der Waals surface area contributed by atoms with Gasteiger partial charge >= 0.3 is 5.97 Å². The summed E-state index contributed by atoms with van der Waals surface area (Å²) in [7, 11) is 1.34. The second-order valence-electron chi connectivity index (χ2n) is 7.80. The highest BCUT2D eigenvalue weighted by Gasteiger charge is 2.36. The average molecular weight is 524 g/mol. The molecule has 3 aromatic rings. The number of halogens is 1. The minimum absolute atomic E-state index is 0.0437. The predicted octanol–water partition coefficient (Wildman–Crippen LogP) is 5.71. The van der Waals surface area contributed by atoms with E-state index in [-0.39, 0.29) is 18.4 Å². The Morgan fingerprint density at radius 1 is 0.971 bits per heavy atom. The van der Waals surface area contributed by atoms with Crippen molar-refractivity contribution in [2.45, 2.75) is 26.3 Å². The third kappa shape index (κ3) is 4.66. The first-order valence-corrected chi connectivity index (χ1v) is 11.9. The Labute approximate surface area is 207 Å². The fourth-order valence-electron chi connectivity index (χ4n) is 4.24. The second kappa shape index (κ2) is 10.3.